The van der Waals surface area contributed by atoms with Gasteiger partial charge in [-0.05, 0) is 17.7 Å². The highest BCUT2D eigenvalue weighted by molar-refractivity contribution is 5.75. The van der Waals surface area contributed by atoms with Gasteiger partial charge in [-0.1, -0.05) is 48.5 Å². The first kappa shape index (κ1) is 11.4. The van der Waals surface area contributed by atoms with Gasteiger partial charge in [0.15, 0.2) is 0 Å². The summed E-state index contributed by atoms with van der Waals surface area (Å²) in [6.07, 6.45) is 0. The summed E-state index contributed by atoms with van der Waals surface area (Å²) in [5.74, 6) is 0. The summed E-state index contributed by atoms with van der Waals surface area (Å²) in [6.45, 7) is 0.880. The molecule has 3 radical (unpaired) electrons. The average Bonchev–Trinajstić information content (AvgIpc) is 2.29. The maximum Gasteiger partial charge on any atom is 0.0400 e. The second-order valence-corrected chi connectivity index (χ2v) is 3.21. The molecule has 2 rings (SSSR count). The first-order chi connectivity index (χ1) is 6.95. The van der Waals surface area contributed by atoms with Crippen LogP contribution in [0.2, 0.25) is 0 Å². The molecule has 2 aromatic rings. The first-order valence-corrected chi connectivity index (χ1v) is 4.78. The molecule has 0 aromatic heterocycles. The summed E-state index contributed by atoms with van der Waals surface area (Å²) in [5, 5.41) is 3.36. The third-order valence-electron chi connectivity index (χ3n) is 2.11. The molecule has 0 fully saturated rings. The summed E-state index contributed by atoms with van der Waals surface area (Å²) in [6, 6.07) is 20.6. The van der Waals surface area contributed by atoms with Gasteiger partial charge in [0.25, 0.3) is 0 Å². The van der Waals surface area contributed by atoms with E-state index in [4.69, 9.17) is 0 Å². The van der Waals surface area contributed by atoms with E-state index in [1.54, 1.807) is 0 Å². The highest BCUT2D eigenvalue weighted by Crippen LogP contribution is 2.07. The summed E-state index contributed by atoms with van der Waals surface area (Å²) >= 11 is 0. The van der Waals surface area contributed by atoms with Gasteiger partial charge in [0, 0.05) is 20.6 Å². The minimum absolute atomic E-state index is 0. The summed E-state index contributed by atoms with van der Waals surface area (Å²) < 4.78 is 0. The number of nitrogens with one attached hydrogen (secondary N) is 1. The van der Waals surface area contributed by atoms with Crippen molar-refractivity contribution in [2.24, 2.45) is 0 Å². The lowest BCUT2D eigenvalue weighted by atomic mass is 10.2. The molecule has 1 N–H and O–H groups in total. The predicted octanol–water partition coefficient (Wildman–Crippen LogP) is 2.92. The average molecular weight is 194 g/mol. The van der Waals surface area contributed by atoms with Crippen molar-refractivity contribution < 1.29 is 0 Å². The fraction of sp³-hybridized carbons (Fsp3) is 0.0769. The van der Waals surface area contributed by atoms with Gasteiger partial charge in [-0.15, -0.1) is 0 Å². The molecule has 0 aliphatic heterocycles. The zero-order chi connectivity index (χ0) is 9.64. The topological polar surface area (TPSA) is 12.0 Å². The number of benzene rings is 2. The Morgan fingerprint density at radius 3 is 1.87 bits per heavy atom. The minimum atomic E-state index is 0. The van der Waals surface area contributed by atoms with Crippen molar-refractivity contribution in [2.45, 2.75) is 6.54 Å². The molecule has 2 aromatic carbocycles. The van der Waals surface area contributed by atoms with Crippen LogP contribution in [0.15, 0.2) is 60.7 Å². The van der Waals surface area contributed by atoms with Crippen molar-refractivity contribution >= 4 is 14.1 Å². The SMILES string of the molecule is [B].c1ccc(CNc2ccccc2)cc1. The van der Waals surface area contributed by atoms with Crippen LogP contribution in [-0.2, 0) is 6.54 Å². The lowest BCUT2D eigenvalue weighted by molar-refractivity contribution is 1.15. The fourth-order valence-corrected chi connectivity index (χ4v) is 1.36. The van der Waals surface area contributed by atoms with E-state index in [0.29, 0.717) is 0 Å². The highest BCUT2D eigenvalue weighted by Gasteiger charge is 1.90. The Morgan fingerprint density at radius 2 is 1.27 bits per heavy atom. The molecule has 0 bridgehead atoms. The van der Waals surface area contributed by atoms with E-state index in [-0.39, 0.29) is 8.41 Å². The fourth-order valence-electron chi connectivity index (χ4n) is 1.36. The van der Waals surface area contributed by atoms with E-state index >= 15 is 0 Å². The molecular formula is C13H13BN. The number of para-hydroxylation sites is 1. The van der Waals surface area contributed by atoms with E-state index in [1.807, 2.05) is 24.3 Å². The summed E-state index contributed by atoms with van der Waals surface area (Å²) in [5.41, 5.74) is 2.47. The summed E-state index contributed by atoms with van der Waals surface area (Å²) in [4.78, 5) is 0. The Labute approximate surface area is 92.7 Å². The van der Waals surface area contributed by atoms with Gasteiger partial charge in [-0.2, -0.15) is 0 Å². The molecule has 2 heteroatoms. The van der Waals surface area contributed by atoms with Crippen LogP contribution in [0.3, 0.4) is 0 Å². The largest absolute Gasteiger partial charge is 0.381 e. The number of anilines is 1. The van der Waals surface area contributed by atoms with Crippen molar-refractivity contribution in [3.05, 3.63) is 66.2 Å². The second-order valence-electron chi connectivity index (χ2n) is 3.21. The van der Waals surface area contributed by atoms with E-state index in [2.05, 4.69) is 41.7 Å². The smallest absolute Gasteiger partial charge is 0.0400 e. The van der Waals surface area contributed by atoms with Crippen LogP contribution in [0, 0.1) is 0 Å². The molecule has 0 saturated carbocycles. The van der Waals surface area contributed by atoms with Gasteiger partial charge in [-0.3, -0.25) is 0 Å². The lowest BCUT2D eigenvalue weighted by Gasteiger charge is -2.05. The molecule has 1 nitrogen and oxygen atoms in total. The number of rotatable bonds is 3. The molecule has 0 unspecified atom stereocenters. The van der Waals surface area contributed by atoms with Gasteiger partial charge in [0.05, 0.1) is 0 Å². The molecule has 15 heavy (non-hydrogen) atoms. The Balaban J connectivity index is 0.00000112. The maximum absolute atomic E-state index is 3.36. The van der Waals surface area contributed by atoms with Crippen LogP contribution < -0.4 is 5.32 Å². The molecule has 0 atom stereocenters. The van der Waals surface area contributed by atoms with Crippen molar-refractivity contribution in [3.63, 3.8) is 0 Å². The zero-order valence-electron chi connectivity index (χ0n) is 8.56. The number of hydrogen-bond acceptors (Lipinski definition) is 1. The van der Waals surface area contributed by atoms with E-state index < -0.39 is 0 Å². The van der Waals surface area contributed by atoms with Gasteiger partial charge in [0.1, 0.15) is 0 Å². The number of hydrogen-bond donors (Lipinski definition) is 1. The molecular weight excluding hydrogens is 181 g/mol. The summed E-state index contributed by atoms with van der Waals surface area (Å²) in [7, 11) is 0. The van der Waals surface area contributed by atoms with Crippen molar-refractivity contribution in [2.75, 3.05) is 5.32 Å². The standard InChI is InChI=1S/C13H13N.B/c1-3-7-12(8-4-1)11-14-13-9-5-2-6-10-13;/h1-10,14H,11H2;. The molecule has 0 aliphatic carbocycles. The Kier molecular flexibility index (Phi) is 4.49. The third-order valence-corrected chi connectivity index (χ3v) is 2.11. The molecule has 0 spiro atoms. The first-order valence-electron chi connectivity index (χ1n) is 4.78. The maximum atomic E-state index is 3.36. The minimum Gasteiger partial charge on any atom is -0.381 e. The van der Waals surface area contributed by atoms with E-state index in [9.17, 15) is 0 Å². The van der Waals surface area contributed by atoms with Crippen LogP contribution in [0.1, 0.15) is 5.56 Å². The lowest BCUT2D eigenvalue weighted by Crippen LogP contribution is -1.98. The molecule has 73 valence electrons. The van der Waals surface area contributed by atoms with Crippen molar-refractivity contribution in [1.82, 2.24) is 0 Å². The predicted molar refractivity (Wildman–Crippen MR) is 66.0 cm³/mol. The molecule has 0 aliphatic rings. The molecule has 0 saturated heterocycles. The van der Waals surface area contributed by atoms with E-state index in [0.717, 1.165) is 12.2 Å². The van der Waals surface area contributed by atoms with Crippen LogP contribution in [0.5, 0.6) is 0 Å². The monoisotopic (exact) mass is 194 g/mol. The Bertz CT molecular complexity index is 333. The molecule has 0 heterocycles. The molecule has 0 amide bonds. The van der Waals surface area contributed by atoms with Crippen LogP contribution in [0.25, 0.3) is 0 Å². The van der Waals surface area contributed by atoms with Crippen molar-refractivity contribution in [1.29, 1.82) is 0 Å². The van der Waals surface area contributed by atoms with Gasteiger partial charge in [-0.25, -0.2) is 0 Å². The Hall–Kier alpha value is -1.70. The second kappa shape index (κ2) is 5.92. The van der Waals surface area contributed by atoms with E-state index in [1.165, 1.54) is 5.56 Å². The van der Waals surface area contributed by atoms with Crippen molar-refractivity contribution in [3.8, 4) is 0 Å². The van der Waals surface area contributed by atoms with Gasteiger partial charge in [0.2, 0.25) is 0 Å². The third kappa shape index (κ3) is 3.51. The quantitative estimate of drug-likeness (QED) is 0.740. The zero-order valence-corrected chi connectivity index (χ0v) is 8.56. The normalized spacial score (nSPS) is 9.07. The van der Waals surface area contributed by atoms with Crippen LogP contribution in [-0.4, -0.2) is 8.41 Å². The van der Waals surface area contributed by atoms with Crippen LogP contribution >= 0.6 is 0 Å². The highest BCUT2D eigenvalue weighted by atomic mass is 14.9. The van der Waals surface area contributed by atoms with Gasteiger partial charge < -0.3 is 5.32 Å². The van der Waals surface area contributed by atoms with Crippen LogP contribution in [0.4, 0.5) is 5.69 Å². The Morgan fingerprint density at radius 1 is 0.733 bits per heavy atom. The van der Waals surface area contributed by atoms with Gasteiger partial charge >= 0.3 is 0 Å².